The van der Waals surface area contributed by atoms with Gasteiger partial charge in [0.1, 0.15) is 0 Å². The van der Waals surface area contributed by atoms with E-state index in [0.717, 1.165) is 32.3 Å². The minimum atomic E-state index is -0.198. The van der Waals surface area contributed by atoms with Crippen LogP contribution < -0.4 is 0 Å². The standard InChI is InChI=1S/C24H15NO2/c1-2-25-23(26)18-11-9-16-14-7-3-5-13-6-4-8-15(20(13)14)17-10-12-19(24(25)27)22(18)21(16)17/h3-12H,2H2,1H3. The van der Waals surface area contributed by atoms with Crippen molar-refractivity contribution >= 4 is 54.9 Å². The number of amides is 2. The molecule has 2 amide bonds. The molecule has 1 aliphatic rings. The first-order valence-corrected chi connectivity index (χ1v) is 9.19. The molecule has 1 heterocycles. The third kappa shape index (κ3) is 1.62. The second-order valence-corrected chi connectivity index (χ2v) is 7.14. The van der Waals surface area contributed by atoms with Gasteiger partial charge >= 0.3 is 0 Å². The highest BCUT2D eigenvalue weighted by molar-refractivity contribution is 6.38. The summed E-state index contributed by atoms with van der Waals surface area (Å²) in [5.41, 5.74) is 1.25. The fourth-order valence-corrected chi connectivity index (χ4v) is 4.76. The minimum absolute atomic E-state index is 0.198. The van der Waals surface area contributed by atoms with Gasteiger partial charge < -0.3 is 0 Å². The van der Waals surface area contributed by atoms with Crippen LogP contribution in [0.5, 0.6) is 0 Å². The lowest BCUT2D eigenvalue weighted by molar-refractivity contribution is 0.0619. The van der Waals surface area contributed by atoms with Crippen LogP contribution in [0.1, 0.15) is 27.6 Å². The largest absolute Gasteiger partial charge is 0.275 e. The second kappa shape index (κ2) is 4.83. The first-order chi connectivity index (χ1) is 13.2. The van der Waals surface area contributed by atoms with Crippen molar-refractivity contribution in [2.45, 2.75) is 6.92 Å². The van der Waals surface area contributed by atoms with Crippen LogP contribution in [0, 0.1) is 0 Å². The van der Waals surface area contributed by atoms with Crippen molar-refractivity contribution in [1.82, 2.24) is 4.90 Å². The normalized spacial score (nSPS) is 14.3. The quantitative estimate of drug-likeness (QED) is 0.232. The zero-order valence-electron chi connectivity index (χ0n) is 14.7. The van der Waals surface area contributed by atoms with Crippen LogP contribution in [0.4, 0.5) is 0 Å². The van der Waals surface area contributed by atoms with E-state index in [-0.39, 0.29) is 11.8 Å². The fourth-order valence-electron chi connectivity index (χ4n) is 4.76. The van der Waals surface area contributed by atoms with Crippen molar-refractivity contribution in [2.75, 3.05) is 6.54 Å². The van der Waals surface area contributed by atoms with E-state index in [1.165, 1.54) is 15.7 Å². The van der Waals surface area contributed by atoms with Gasteiger partial charge in [-0.3, -0.25) is 14.5 Å². The van der Waals surface area contributed by atoms with E-state index in [1.807, 2.05) is 31.2 Å². The number of hydrogen-bond acceptors (Lipinski definition) is 2. The Hall–Kier alpha value is -3.46. The summed E-state index contributed by atoms with van der Waals surface area (Å²) in [6, 6.07) is 20.5. The molecule has 1 aliphatic heterocycles. The number of rotatable bonds is 1. The number of fused-ring (bicyclic) bond motifs is 2. The number of imide groups is 1. The van der Waals surface area contributed by atoms with Gasteiger partial charge in [-0.25, -0.2) is 0 Å². The molecule has 27 heavy (non-hydrogen) atoms. The maximum atomic E-state index is 12.9. The molecule has 0 aliphatic carbocycles. The molecule has 0 fully saturated rings. The van der Waals surface area contributed by atoms with Crippen molar-refractivity contribution < 1.29 is 9.59 Å². The van der Waals surface area contributed by atoms with Crippen LogP contribution in [0.15, 0.2) is 60.7 Å². The number of carbonyl (C=O) groups excluding carboxylic acids is 2. The molecule has 3 nitrogen and oxygen atoms in total. The molecule has 3 heteroatoms. The Morgan fingerprint density at radius 1 is 0.630 bits per heavy atom. The first kappa shape index (κ1) is 14.7. The number of nitrogens with zero attached hydrogens (tertiary/aromatic N) is 1. The predicted molar refractivity (Wildman–Crippen MR) is 109 cm³/mol. The highest BCUT2D eigenvalue weighted by Gasteiger charge is 2.33. The lowest BCUT2D eigenvalue weighted by atomic mass is 9.85. The average molecular weight is 349 g/mol. The number of hydrogen-bond donors (Lipinski definition) is 0. The molecule has 0 unspecified atom stereocenters. The van der Waals surface area contributed by atoms with Crippen LogP contribution >= 0.6 is 0 Å². The van der Waals surface area contributed by atoms with Crippen LogP contribution in [0.2, 0.25) is 0 Å². The van der Waals surface area contributed by atoms with Gasteiger partial charge in [0.05, 0.1) is 0 Å². The molecule has 0 atom stereocenters. The van der Waals surface area contributed by atoms with Gasteiger partial charge in [0.2, 0.25) is 0 Å². The van der Waals surface area contributed by atoms with E-state index in [9.17, 15) is 9.59 Å². The number of benzene rings is 5. The van der Waals surface area contributed by atoms with Crippen molar-refractivity contribution in [3.8, 4) is 0 Å². The highest BCUT2D eigenvalue weighted by Crippen LogP contribution is 2.43. The molecule has 0 saturated carbocycles. The third-order valence-electron chi connectivity index (χ3n) is 5.91. The van der Waals surface area contributed by atoms with E-state index in [4.69, 9.17) is 0 Å². The summed E-state index contributed by atoms with van der Waals surface area (Å²) in [4.78, 5) is 27.2. The van der Waals surface area contributed by atoms with E-state index in [2.05, 4.69) is 36.4 Å². The molecule has 0 radical (unpaired) electrons. The van der Waals surface area contributed by atoms with Gasteiger partial charge in [0, 0.05) is 23.1 Å². The molecule has 6 rings (SSSR count). The molecule has 5 aromatic rings. The van der Waals surface area contributed by atoms with Gasteiger partial charge in [-0.2, -0.15) is 0 Å². The second-order valence-electron chi connectivity index (χ2n) is 7.14. The Morgan fingerprint density at radius 2 is 1.15 bits per heavy atom. The topological polar surface area (TPSA) is 37.4 Å². The SMILES string of the molecule is CCN1C(=O)c2ccc3c4cccc5cccc(c6ccc(c2c36)C1=O)c54. The Bertz CT molecular complexity index is 1350. The van der Waals surface area contributed by atoms with Crippen LogP contribution in [0.3, 0.4) is 0 Å². The predicted octanol–water partition coefficient (Wildman–Crippen LogP) is 5.35. The van der Waals surface area contributed by atoms with Gasteiger partial charge in [-0.15, -0.1) is 0 Å². The van der Waals surface area contributed by atoms with Crippen molar-refractivity contribution in [2.24, 2.45) is 0 Å². The molecule has 0 N–H and O–H groups in total. The number of carbonyl (C=O) groups is 2. The van der Waals surface area contributed by atoms with E-state index in [1.54, 1.807) is 0 Å². The first-order valence-electron chi connectivity index (χ1n) is 9.19. The fraction of sp³-hybridized carbons (Fsp3) is 0.0833. The van der Waals surface area contributed by atoms with Crippen LogP contribution in [-0.4, -0.2) is 23.3 Å². The smallest absolute Gasteiger partial charge is 0.261 e. The summed E-state index contributed by atoms with van der Waals surface area (Å²) < 4.78 is 0. The van der Waals surface area contributed by atoms with Gasteiger partial charge in [0.25, 0.3) is 11.8 Å². The van der Waals surface area contributed by atoms with Crippen molar-refractivity contribution in [3.05, 3.63) is 71.8 Å². The lowest BCUT2D eigenvalue weighted by Gasteiger charge is -2.27. The maximum absolute atomic E-state index is 12.9. The van der Waals surface area contributed by atoms with Crippen molar-refractivity contribution in [1.29, 1.82) is 0 Å². The van der Waals surface area contributed by atoms with Gasteiger partial charge in [-0.05, 0) is 56.8 Å². The zero-order chi connectivity index (χ0) is 18.3. The molecular weight excluding hydrogens is 334 g/mol. The summed E-state index contributed by atoms with van der Waals surface area (Å²) in [6.45, 7) is 2.21. The Balaban J connectivity index is 1.94. The van der Waals surface area contributed by atoms with Gasteiger partial charge in [0.15, 0.2) is 0 Å². The molecule has 0 bridgehead atoms. The van der Waals surface area contributed by atoms with Crippen molar-refractivity contribution in [3.63, 3.8) is 0 Å². The maximum Gasteiger partial charge on any atom is 0.261 e. The molecule has 0 aromatic heterocycles. The average Bonchev–Trinajstić information content (AvgIpc) is 2.70. The summed E-state index contributed by atoms with van der Waals surface area (Å²) >= 11 is 0. The molecule has 128 valence electrons. The third-order valence-corrected chi connectivity index (χ3v) is 5.91. The monoisotopic (exact) mass is 349 g/mol. The molecule has 5 aromatic carbocycles. The summed E-state index contributed by atoms with van der Waals surface area (Å²) in [7, 11) is 0. The minimum Gasteiger partial charge on any atom is -0.275 e. The Labute approximate surface area is 155 Å². The summed E-state index contributed by atoms with van der Waals surface area (Å²) in [5, 5.41) is 8.78. The van der Waals surface area contributed by atoms with Crippen LogP contribution in [0.25, 0.3) is 43.1 Å². The lowest BCUT2D eigenvalue weighted by Crippen LogP contribution is -2.40. The highest BCUT2D eigenvalue weighted by atomic mass is 16.2. The summed E-state index contributed by atoms with van der Waals surface area (Å²) in [5.74, 6) is -0.397. The zero-order valence-corrected chi connectivity index (χ0v) is 14.7. The van der Waals surface area contributed by atoms with Crippen LogP contribution in [-0.2, 0) is 0 Å². The molecular formula is C24H15NO2. The molecule has 0 spiro atoms. The van der Waals surface area contributed by atoms with E-state index >= 15 is 0 Å². The Kier molecular flexibility index (Phi) is 2.63. The molecule has 0 saturated heterocycles. The Morgan fingerprint density at radius 3 is 1.67 bits per heavy atom. The van der Waals surface area contributed by atoms with E-state index in [0.29, 0.717) is 17.7 Å². The summed E-state index contributed by atoms with van der Waals surface area (Å²) in [6.07, 6.45) is 0. The van der Waals surface area contributed by atoms with Gasteiger partial charge in [-0.1, -0.05) is 48.5 Å². The van der Waals surface area contributed by atoms with E-state index < -0.39 is 0 Å².